The van der Waals surface area contributed by atoms with Gasteiger partial charge < -0.3 is 24.6 Å². The van der Waals surface area contributed by atoms with Crippen molar-refractivity contribution in [2.24, 2.45) is 0 Å². The van der Waals surface area contributed by atoms with E-state index in [1.54, 1.807) is 6.92 Å². The Morgan fingerprint density at radius 1 is 0.935 bits per heavy atom. The predicted molar refractivity (Wildman–Crippen MR) is 112 cm³/mol. The summed E-state index contributed by atoms with van der Waals surface area (Å²) >= 11 is 0. The van der Waals surface area contributed by atoms with E-state index in [4.69, 9.17) is 9.47 Å². The van der Waals surface area contributed by atoms with Crippen molar-refractivity contribution in [3.05, 3.63) is 60.2 Å². The molecule has 2 rings (SSSR count). The Labute approximate surface area is 181 Å². The number of benzene rings is 1. The lowest BCUT2D eigenvalue weighted by Gasteiger charge is -2.31. The smallest absolute Gasteiger partial charge is 0.330 e. The largest absolute Gasteiger partial charge is 0.459 e. The molecule has 1 aliphatic rings. The number of hydrogen-bond donors (Lipinski definition) is 2. The second kappa shape index (κ2) is 11.4. The van der Waals surface area contributed by atoms with Crippen molar-refractivity contribution in [3.8, 4) is 0 Å². The van der Waals surface area contributed by atoms with Crippen LogP contribution >= 0.6 is 0 Å². The SMILES string of the molecule is C[C@@H]1OC(=O)C[C@H](C)OC(=O)/C=C/[C@@H](O)[C@H](C)N(Cc2ccccc2)C(=O)/C=C/[C@H]1O. The Morgan fingerprint density at radius 3 is 2.26 bits per heavy atom. The van der Waals surface area contributed by atoms with Gasteiger partial charge >= 0.3 is 11.9 Å². The Bertz CT molecular complexity index is 820. The minimum absolute atomic E-state index is 0.191. The van der Waals surface area contributed by atoms with Gasteiger partial charge in [-0.2, -0.15) is 0 Å². The van der Waals surface area contributed by atoms with E-state index in [1.807, 2.05) is 30.3 Å². The Hall–Kier alpha value is -2.97. The second-order valence-electron chi connectivity index (χ2n) is 7.54. The number of nitrogens with zero attached hydrogens (tertiary/aromatic N) is 1. The molecule has 8 nitrogen and oxygen atoms in total. The minimum Gasteiger partial charge on any atom is -0.459 e. The van der Waals surface area contributed by atoms with Gasteiger partial charge in [-0.1, -0.05) is 30.3 Å². The first-order valence-electron chi connectivity index (χ1n) is 10.1. The zero-order chi connectivity index (χ0) is 23.0. The number of carbonyl (C=O) groups excluding carboxylic acids is 3. The second-order valence-corrected chi connectivity index (χ2v) is 7.54. The highest BCUT2D eigenvalue weighted by Gasteiger charge is 2.25. The predicted octanol–water partition coefficient (Wildman–Crippen LogP) is 1.50. The van der Waals surface area contributed by atoms with Crippen LogP contribution in [0.25, 0.3) is 0 Å². The third-order valence-electron chi connectivity index (χ3n) is 4.90. The number of aliphatic hydroxyl groups is 2. The number of ether oxygens (including phenoxy) is 2. The number of carbonyl (C=O) groups is 3. The summed E-state index contributed by atoms with van der Waals surface area (Å²) in [5.41, 5.74) is 0.845. The zero-order valence-corrected chi connectivity index (χ0v) is 17.9. The van der Waals surface area contributed by atoms with Crippen molar-refractivity contribution < 1.29 is 34.1 Å². The van der Waals surface area contributed by atoms with Gasteiger partial charge in [0, 0.05) is 18.7 Å². The first kappa shape index (κ1) is 24.3. The molecule has 1 amide bonds. The van der Waals surface area contributed by atoms with E-state index in [0.717, 1.165) is 11.6 Å². The number of esters is 2. The molecule has 0 spiro atoms. The number of hydrogen-bond acceptors (Lipinski definition) is 7. The maximum Gasteiger partial charge on any atom is 0.330 e. The van der Waals surface area contributed by atoms with E-state index < -0.39 is 48.3 Å². The van der Waals surface area contributed by atoms with Crippen LogP contribution in [0.15, 0.2) is 54.6 Å². The van der Waals surface area contributed by atoms with Gasteiger partial charge in [-0.3, -0.25) is 9.59 Å². The van der Waals surface area contributed by atoms with Crippen LogP contribution in [-0.2, 0) is 30.4 Å². The molecule has 0 saturated carbocycles. The highest BCUT2D eigenvalue weighted by atomic mass is 16.6. The molecule has 0 aromatic heterocycles. The fraction of sp³-hybridized carbons (Fsp3) is 0.435. The maximum atomic E-state index is 12.9. The zero-order valence-electron chi connectivity index (χ0n) is 17.9. The normalized spacial score (nSPS) is 30.9. The van der Waals surface area contributed by atoms with Gasteiger partial charge in [0.15, 0.2) is 0 Å². The van der Waals surface area contributed by atoms with E-state index in [1.165, 1.54) is 37.0 Å². The Balaban J connectivity index is 2.32. The van der Waals surface area contributed by atoms with Gasteiger partial charge in [0.1, 0.15) is 18.3 Å². The van der Waals surface area contributed by atoms with E-state index in [0.29, 0.717) is 0 Å². The minimum atomic E-state index is -1.21. The van der Waals surface area contributed by atoms with Gasteiger partial charge in [0.05, 0.1) is 18.6 Å². The lowest BCUT2D eigenvalue weighted by molar-refractivity contribution is -0.157. The molecule has 168 valence electrons. The first-order valence-corrected chi connectivity index (χ1v) is 10.1. The lowest BCUT2D eigenvalue weighted by atomic mass is 10.1. The van der Waals surface area contributed by atoms with E-state index in [2.05, 4.69) is 0 Å². The first-order chi connectivity index (χ1) is 14.7. The average molecular weight is 431 g/mol. The molecule has 0 saturated heterocycles. The summed E-state index contributed by atoms with van der Waals surface area (Å²) in [4.78, 5) is 38.3. The molecular formula is C23H29NO7. The van der Waals surface area contributed by atoms with Crippen LogP contribution in [0.5, 0.6) is 0 Å². The van der Waals surface area contributed by atoms with Crippen LogP contribution in [0.2, 0.25) is 0 Å². The third kappa shape index (κ3) is 7.66. The van der Waals surface area contributed by atoms with Crippen LogP contribution in [-0.4, -0.2) is 63.4 Å². The van der Waals surface area contributed by atoms with Crippen LogP contribution in [0.1, 0.15) is 32.8 Å². The summed E-state index contributed by atoms with van der Waals surface area (Å²) in [6, 6.07) is 8.54. The molecular weight excluding hydrogens is 402 g/mol. The van der Waals surface area contributed by atoms with Crippen LogP contribution in [0.3, 0.4) is 0 Å². The van der Waals surface area contributed by atoms with Crippen molar-refractivity contribution >= 4 is 17.8 Å². The summed E-state index contributed by atoms with van der Waals surface area (Å²) in [6.07, 6.45) is 0.557. The molecule has 1 aromatic carbocycles. The highest BCUT2D eigenvalue weighted by Crippen LogP contribution is 2.14. The van der Waals surface area contributed by atoms with E-state index in [-0.39, 0.29) is 13.0 Å². The fourth-order valence-corrected chi connectivity index (χ4v) is 3.00. The summed E-state index contributed by atoms with van der Waals surface area (Å²) in [5, 5.41) is 20.8. The molecule has 0 aliphatic carbocycles. The number of rotatable bonds is 2. The van der Waals surface area contributed by atoms with Gasteiger partial charge in [-0.15, -0.1) is 0 Å². The molecule has 0 bridgehead atoms. The van der Waals surface area contributed by atoms with Crippen molar-refractivity contribution in [3.63, 3.8) is 0 Å². The quantitative estimate of drug-likeness (QED) is 0.683. The van der Waals surface area contributed by atoms with E-state index in [9.17, 15) is 24.6 Å². The lowest BCUT2D eigenvalue weighted by Crippen LogP contribution is -2.43. The van der Waals surface area contributed by atoms with Crippen molar-refractivity contribution in [1.82, 2.24) is 4.90 Å². The molecule has 1 aliphatic heterocycles. The number of cyclic esters (lactones) is 2. The molecule has 0 radical (unpaired) electrons. The van der Waals surface area contributed by atoms with Gasteiger partial charge in [-0.05, 0) is 38.5 Å². The molecule has 1 aromatic rings. The van der Waals surface area contributed by atoms with Crippen molar-refractivity contribution in [2.75, 3.05) is 0 Å². The summed E-state index contributed by atoms with van der Waals surface area (Å²) in [6.45, 7) is 4.89. The molecule has 31 heavy (non-hydrogen) atoms. The number of aliphatic hydroxyl groups excluding tert-OH is 2. The summed E-state index contributed by atoms with van der Waals surface area (Å²) in [5.74, 6) is -1.83. The molecule has 5 atom stereocenters. The molecule has 2 N–H and O–H groups in total. The van der Waals surface area contributed by atoms with Gasteiger partial charge in [0.2, 0.25) is 5.91 Å². The van der Waals surface area contributed by atoms with Gasteiger partial charge in [-0.25, -0.2) is 4.79 Å². The molecule has 1 heterocycles. The third-order valence-corrected chi connectivity index (χ3v) is 4.90. The summed E-state index contributed by atoms with van der Waals surface area (Å²) < 4.78 is 10.3. The van der Waals surface area contributed by atoms with E-state index >= 15 is 0 Å². The Kier molecular flexibility index (Phi) is 8.96. The fourth-order valence-electron chi connectivity index (χ4n) is 3.00. The standard InChI is InChI=1S/C23H29NO7/c1-15-13-23(29)31-17(3)20(26)9-11-21(27)24(14-18-7-5-4-6-8-18)16(2)19(25)10-12-22(28)30-15/h4-12,15-17,19-20,25-26H,13-14H2,1-3H3/b11-9+,12-10+/t15-,16-,17-,19+,20+/m0/s1. The van der Waals surface area contributed by atoms with Crippen molar-refractivity contribution in [1.29, 1.82) is 0 Å². The van der Waals surface area contributed by atoms with Crippen LogP contribution in [0.4, 0.5) is 0 Å². The molecule has 8 heteroatoms. The molecule has 0 unspecified atom stereocenters. The Morgan fingerprint density at radius 2 is 1.58 bits per heavy atom. The molecule has 0 fully saturated rings. The topological polar surface area (TPSA) is 113 Å². The van der Waals surface area contributed by atoms with Crippen molar-refractivity contribution in [2.45, 2.75) is 64.2 Å². The summed E-state index contributed by atoms with van der Waals surface area (Å²) in [7, 11) is 0. The monoisotopic (exact) mass is 431 g/mol. The highest BCUT2D eigenvalue weighted by molar-refractivity contribution is 5.88. The van der Waals surface area contributed by atoms with Gasteiger partial charge in [0.25, 0.3) is 0 Å². The van der Waals surface area contributed by atoms with Crippen LogP contribution < -0.4 is 0 Å². The average Bonchev–Trinajstić information content (AvgIpc) is 2.73. The number of amides is 1. The van der Waals surface area contributed by atoms with Crippen LogP contribution in [0, 0.1) is 0 Å². The maximum absolute atomic E-state index is 12.9.